The first-order valence-electron chi connectivity index (χ1n) is 7.97. The van der Waals surface area contributed by atoms with E-state index < -0.39 is 30.4 Å². The van der Waals surface area contributed by atoms with Gasteiger partial charge in [0.2, 0.25) is 5.91 Å². The second-order valence-corrected chi connectivity index (χ2v) is 6.14. The molecular weight excluding hydrogens is 364 g/mol. The largest absolute Gasteiger partial charge is 0.416 e. The van der Waals surface area contributed by atoms with Gasteiger partial charge in [-0.25, -0.2) is 0 Å². The summed E-state index contributed by atoms with van der Waals surface area (Å²) in [6, 6.07) is 5.10. The van der Waals surface area contributed by atoms with E-state index in [2.05, 4.69) is 0 Å². The zero-order valence-corrected chi connectivity index (χ0v) is 13.8. The smallest absolute Gasteiger partial charge is 0.346 e. The lowest BCUT2D eigenvalue weighted by molar-refractivity contribution is -0.139. The number of rotatable bonds is 5. The third kappa shape index (κ3) is 6.83. The molecule has 4 nitrogen and oxygen atoms in total. The molecule has 0 aromatic heterocycles. The molecule has 1 aromatic carbocycles. The van der Waals surface area contributed by atoms with E-state index in [0.29, 0.717) is 38.3 Å². The SMILES string of the molecule is O=C(CN1CCN(Cc2cccc(C(F)(F)F)c2)CC1)NCC(F)(F)F. The number of piperazine rings is 1. The van der Waals surface area contributed by atoms with Gasteiger partial charge in [-0.2, -0.15) is 26.3 Å². The number of carbonyl (C=O) groups excluding carboxylic acids is 1. The van der Waals surface area contributed by atoms with Gasteiger partial charge >= 0.3 is 12.4 Å². The number of amides is 1. The highest BCUT2D eigenvalue weighted by Crippen LogP contribution is 2.29. The minimum atomic E-state index is -4.45. The number of nitrogens with zero attached hydrogens (tertiary/aromatic N) is 2. The van der Waals surface area contributed by atoms with E-state index in [4.69, 9.17) is 0 Å². The van der Waals surface area contributed by atoms with Crippen LogP contribution in [0, 0.1) is 0 Å². The van der Waals surface area contributed by atoms with Crippen LogP contribution >= 0.6 is 0 Å². The van der Waals surface area contributed by atoms with Crippen molar-refractivity contribution in [1.82, 2.24) is 15.1 Å². The van der Waals surface area contributed by atoms with E-state index in [9.17, 15) is 31.1 Å². The third-order valence-corrected chi connectivity index (χ3v) is 3.98. The van der Waals surface area contributed by atoms with Gasteiger partial charge in [-0.3, -0.25) is 14.6 Å². The van der Waals surface area contributed by atoms with Crippen molar-refractivity contribution in [2.75, 3.05) is 39.3 Å². The third-order valence-electron chi connectivity index (χ3n) is 3.98. The van der Waals surface area contributed by atoms with E-state index in [1.807, 2.05) is 10.2 Å². The van der Waals surface area contributed by atoms with Gasteiger partial charge in [0.15, 0.2) is 0 Å². The zero-order valence-electron chi connectivity index (χ0n) is 13.8. The second-order valence-electron chi connectivity index (χ2n) is 6.14. The molecule has 10 heteroatoms. The van der Waals surface area contributed by atoms with Crippen LogP contribution in [0.15, 0.2) is 24.3 Å². The van der Waals surface area contributed by atoms with Gasteiger partial charge < -0.3 is 5.32 Å². The number of halogens is 6. The van der Waals surface area contributed by atoms with Gasteiger partial charge in [0, 0.05) is 32.7 Å². The number of hydrogen-bond donors (Lipinski definition) is 1. The molecule has 1 heterocycles. The lowest BCUT2D eigenvalue weighted by Gasteiger charge is -2.34. The van der Waals surface area contributed by atoms with Crippen LogP contribution < -0.4 is 5.32 Å². The van der Waals surface area contributed by atoms with Crippen LogP contribution in [0.5, 0.6) is 0 Å². The monoisotopic (exact) mass is 383 g/mol. The Hall–Kier alpha value is -1.81. The summed E-state index contributed by atoms with van der Waals surface area (Å²) in [6.07, 6.45) is -8.84. The highest BCUT2D eigenvalue weighted by atomic mass is 19.4. The van der Waals surface area contributed by atoms with Crippen LogP contribution in [0.4, 0.5) is 26.3 Å². The minimum Gasteiger partial charge on any atom is -0.346 e. The van der Waals surface area contributed by atoms with Crippen LogP contribution in [0.2, 0.25) is 0 Å². The van der Waals surface area contributed by atoms with Gasteiger partial charge in [0.1, 0.15) is 6.54 Å². The van der Waals surface area contributed by atoms with Crippen LogP contribution in [-0.2, 0) is 17.5 Å². The average molecular weight is 383 g/mol. The summed E-state index contributed by atoms with van der Waals surface area (Å²) >= 11 is 0. The fraction of sp³-hybridized carbons (Fsp3) is 0.562. The number of carbonyl (C=O) groups is 1. The standard InChI is InChI=1S/C16H19F6N3O/c17-15(18,19)11-23-14(26)10-25-6-4-24(5-7-25)9-12-2-1-3-13(8-12)16(20,21)22/h1-3,8H,4-7,9-11H2,(H,23,26). The molecule has 0 atom stereocenters. The summed E-state index contributed by atoms with van der Waals surface area (Å²) in [5.41, 5.74) is -0.161. The van der Waals surface area contributed by atoms with E-state index in [1.54, 1.807) is 11.0 Å². The second kappa shape index (κ2) is 8.26. The summed E-state index contributed by atoms with van der Waals surface area (Å²) in [5.74, 6) is -0.700. The summed E-state index contributed by atoms with van der Waals surface area (Å²) in [5, 5.41) is 1.82. The van der Waals surface area contributed by atoms with Crippen molar-refractivity contribution in [2.45, 2.75) is 18.9 Å². The molecule has 1 fully saturated rings. The maximum atomic E-state index is 12.7. The minimum absolute atomic E-state index is 0.131. The van der Waals surface area contributed by atoms with Crippen molar-refractivity contribution in [3.63, 3.8) is 0 Å². The Morgan fingerprint density at radius 2 is 1.62 bits per heavy atom. The van der Waals surface area contributed by atoms with E-state index >= 15 is 0 Å². The molecule has 2 rings (SSSR count). The maximum absolute atomic E-state index is 12.7. The van der Waals surface area contributed by atoms with Crippen molar-refractivity contribution in [1.29, 1.82) is 0 Å². The Morgan fingerprint density at radius 3 is 2.19 bits per heavy atom. The van der Waals surface area contributed by atoms with Crippen LogP contribution in [-0.4, -0.2) is 61.2 Å². The van der Waals surface area contributed by atoms with E-state index in [-0.39, 0.29) is 6.54 Å². The lowest BCUT2D eigenvalue weighted by Crippen LogP contribution is -2.49. The molecule has 0 aliphatic carbocycles. The van der Waals surface area contributed by atoms with Crippen molar-refractivity contribution < 1.29 is 31.1 Å². The Bertz CT molecular complexity index is 609. The average Bonchev–Trinajstić information content (AvgIpc) is 2.54. The quantitative estimate of drug-likeness (QED) is 0.794. The molecule has 0 radical (unpaired) electrons. The predicted octanol–water partition coefficient (Wildman–Crippen LogP) is 2.50. The number of nitrogens with one attached hydrogen (secondary N) is 1. The number of benzene rings is 1. The molecule has 1 saturated heterocycles. The Morgan fingerprint density at radius 1 is 1.00 bits per heavy atom. The fourth-order valence-corrected chi connectivity index (χ4v) is 2.67. The van der Waals surface area contributed by atoms with Crippen molar-refractivity contribution in [3.8, 4) is 0 Å². The molecule has 1 aromatic rings. The van der Waals surface area contributed by atoms with Gasteiger partial charge in [-0.1, -0.05) is 18.2 Å². The first-order chi connectivity index (χ1) is 12.0. The van der Waals surface area contributed by atoms with Crippen molar-refractivity contribution >= 4 is 5.91 Å². The molecule has 1 N–H and O–H groups in total. The maximum Gasteiger partial charge on any atom is 0.416 e. The summed E-state index contributed by atoms with van der Waals surface area (Å²) in [4.78, 5) is 15.1. The Balaban J connectivity index is 1.77. The van der Waals surface area contributed by atoms with Crippen molar-refractivity contribution in [3.05, 3.63) is 35.4 Å². The summed E-state index contributed by atoms with van der Waals surface area (Å²) in [6.45, 7) is 0.801. The van der Waals surface area contributed by atoms with Gasteiger partial charge in [0.25, 0.3) is 0 Å². The van der Waals surface area contributed by atoms with Gasteiger partial charge in [0.05, 0.1) is 12.1 Å². The van der Waals surface area contributed by atoms with Gasteiger partial charge in [-0.05, 0) is 11.6 Å². The molecule has 0 bridgehead atoms. The molecule has 0 saturated carbocycles. The first-order valence-corrected chi connectivity index (χ1v) is 7.97. The van der Waals surface area contributed by atoms with Crippen LogP contribution in [0.25, 0.3) is 0 Å². The molecule has 146 valence electrons. The molecule has 1 aliphatic rings. The molecule has 0 spiro atoms. The number of alkyl halides is 6. The Kier molecular flexibility index (Phi) is 6.51. The molecular formula is C16H19F6N3O. The highest BCUT2D eigenvalue weighted by Gasteiger charge is 2.31. The van der Waals surface area contributed by atoms with E-state index in [0.717, 1.165) is 12.1 Å². The zero-order chi connectivity index (χ0) is 19.4. The number of hydrogen-bond acceptors (Lipinski definition) is 3. The normalized spacial score (nSPS) is 17.3. The predicted molar refractivity (Wildman–Crippen MR) is 82.2 cm³/mol. The molecule has 26 heavy (non-hydrogen) atoms. The molecule has 1 amide bonds. The fourth-order valence-electron chi connectivity index (χ4n) is 2.67. The van der Waals surface area contributed by atoms with Crippen LogP contribution in [0.3, 0.4) is 0 Å². The van der Waals surface area contributed by atoms with Crippen molar-refractivity contribution in [2.24, 2.45) is 0 Å². The summed E-state index contributed by atoms with van der Waals surface area (Å²) in [7, 11) is 0. The molecule has 0 unspecified atom stereocenters. The van der Waals surface area contributed by atoms with Crippen LogP contribution in [0.1, 0.15) is 11.1 Å². The lowest BCUT2D eigenvalue weighted by atomic mass is 10.1. The molecule has 1 aliphatic heterocycles. The Labute approximate surface area is 146 Å². The summed E-state index contributed by atoms with van der Waals surface area (Å²) < 4.78 is 74.3. The topological polar surface area (TPSA) is 35.6 Å². The highest BCUT2D eigenvalue weighted by molar-refractivity contribution is 5.78. The van der Waals surface area contributed by atoms with E-state index in [1.165, 1.54) is 6.07 Å². The first kappa shape index (κ1) is 20.5. The van der Waals surface area contributed by atoms with Gasteiger partial charge in [-0.15, -0.1) is 0 Å².